The van der Waals surface area contributed by atoms with Crippen LogP contribution >= 0.6 is 0 Å². The number of halogens is 4. The van der Waals surface area contributed by atoms with E-state index in [1.807, 2.05) is 24.3 Å². The van der Waals surface area contributed by atoms with Crippen molar-refractivity contribution in [2.45, 2.75) is 50.7 Å². The standard InChI is InChI=1S/C31H30F4N2O5/c1-42-23-11-6-20(7-12-23)18-30(14-2-3-15-30)29(41)37-26(28(39)40)16-19-4-9-22(10-5-19)36-27(38)24-13-8-21(32)17-25(24)31(33,34)35/h4-13,17,26H,2-3,14-16,18H2,1H3,(H,36,38)(H,37,41)(H,39,40)/t26-/m0/s1. The van der Waals surface area contributed by atoms with Crippen molar-refractivity contribution in [2.75, 3.05) is 12.4 Å². The third-order valence-corrected chi connectivity index (χ3v) is 7.53. The minimum Gasteiger partial charge on any atom is -0.497 e. The van der Waals surface area contributed by atoms with Crippen LogP contribution in [0.15, 0.2) is 66.7 Å². The van der Waals surface area contributed by atoms with E-state index in [4.69, 9.17) is 4.74 Å². The molecule has 222 valence electrons. The fourth-order valence-corrected chi connectivity index (χ4v) is 5.29. The number of carbonyl (C=O) groups is 3. The van der Waals surface area contributed by atoms with Crippen LogP contribution in [0.1, 0.15) is 52.7 Å². The van der Waals surface area contributed by atoms with Crippen molar-refractivity contribution in [2.24, 2.45) is 5.41 Å². The van der Waals surface area contributed by atoms with E-state index in [0.717, 1.165) is 30.5 Å². The number of amides is 2. The van der Waals surface area contributed by atoms with Gasteiger partial charge in [-0.25, -0.2) is 9.18 Å². The number of carboxylic acids is 1. The lowest BCUT2D eigenvalue weighted by Crippen LogP contribution is -2.49. The largest absolute Gasteiger partial charge is 0.497 e. The van der Waals surface area contributed by atoms with Crippen molar-refractivity contribution in [1.29, 1.82) is 0 Å². The summed E-state index contributed by atoms with van der Waals surface area (Å²) in [4.78, 5) is 38.1. The first kappa shape index (κ1) is 30.5. The molecule has 0 unspecified atom stereocenters. The summed E-state index contributed by atoms with van der Waals surface area (Å²) in [6.07, 6.45) is -1.53. The molecule has 0 radical (unpaired) electrons. The Morgan fingerprint density at radius 1 is 0.952 bits per heavy atom. The number of carboxylic acid groups (broad SMARTS) is 1. The van der Waals surface area contributed by atoms with Crippen LogP contribution in [0.4, 0.5) is 23.2 Å². The van der Waals surface area contributed by atoms with Crippen LogP contribution in [0.3, 0.4) is 0 Å². The lowest BCUT2D eigenvalue weighted by Gasteiger charge is -2.29. The Balaban J connectivity index is 1.43. The molecule has 4 rings (SSSR count). The molecule has 1 fully saturated rings. The fraction of sp³-hybridized carbons (Fsp3) is 0.323. The molecule has 1 saturated carbocycles. The Bertz CT molecular complexity index is 1430. The maximum atomic E-state index is 13.5. The summed E-state index contributed by atoms with van der Waals surface area (Å²) in [7, 11) is 1.57. The summed E-state index contributed by atoms with van der Waals surface area (Å²) in [6.45, 7) is 0. The topological polar surface area (TPSA) is 105 Å². The van der Waals surface area contributed by atoms with Gasteiger partial charge in [-0.05, 0) is 72.9 Å². The van der Waals surface area contributed by atoms with Crippen LogP contribution in [-0.4, -0.2) is 36.0 Å². The number of alkyl halides is 3. The summed E-state index contributed by atoms with van der Waals surface area (Å²) in [5, 5.41) is 14.9. The Hall–Kier alpha value is -4.41. The van der Waals surface area contributed by atoms with Gasteiger partial charge in [0.25, 0.3) is 5.91 Å². The zero-order valence-corrected chi connectivity index (χ0v) is 22.8. The second kappa shape index (κ2) is 12.6. The van der Waals surface area contributed by atoms with Gasteiger partial charge in [-0.3, -0.25) is 9.59 Å². The second-order valence-corrected chi connectivity index (χ2v) is 10.4. The highest BCUT2D eigenvalue weighted by molar-refractivity contribution is 6.05. The van der Waals surface area contributed by atoms with Gasteiger partial charge in [0.05, 0.1) is 23.7 Å². The second-order valence-electron chi connectivity index (χ2n) is 10.4. The number of anilines is 1. The maximum absolute atomic E-state index is 13.5. The molecule has 0 spiro atoms. The summed E-state index contributed by atoms with van der Waals surface area (Å²) in [6, 6.07) is 13.8. The van der Waals surface area contributed by atoms with Crippen molar-refractivity contribution < 1.29 is 41.8 Å². The molecule has 3 aromatic rings. The lowest BCUT2D eigenvalue weighted by atomic mass is 9.78. The summed E-state index contributed by atoms with van der Waals surface area (Å²) >= 11 is 0. The molecule has 11 heteroatoms. The number of ether oxygens (including phenoxy) is 1. The molecule has 1 aliphatic rings. The Labute approximate surface area is 239 Å². The molecule has 2 amide bonds. The van der Waals surface area contributed by atoms with E-state index in [1.165, 1.54) is 24.3 Å². The first-order valence-corrected chi connectivity index (χ1v) is 13.3. The molecule has 1 aliphatic carbocycles. The molecule has 3 aromatic carbocycles. The van der Waals surface area contributed by atoms with Crippen LogP contribution in [-0.2, 0) is 28.6 Å². The third kappa shape index (κ3) is 7.26. The number of nitrogens with one attached hydrogen (secondary N) is 2. The molecule has 0 bridgehead atoms. The predicted molar refractivity (Wildman–Crippen MR) is 147 cm³/mol. The van der Waals surface area contributed by atoms with E-state index < -0.39 is 46.5 Å². The Morgan fingerprint density at radius 3 is 2.14 bits per heavy atom. The molecule has 0 aromatic heterocycles. The SMILES string of the molecule is COc1ccc(CC2(C(=O)N[C@@H](Cc3ccc(NC(=O)c4ccc(F)cc4C(F)(F)F)cc3)C(=O)O)CCCC2)cc1. The van der Waals surface area contributed by atoms with Gasteiger partial charge in [0.15, 0.2) is 0 Å². The van der Waals surface area contributed by atoms with E-state index in [-0.39, 0.29) is 24.1 Å². The molecule has 1 atom stereocenters. The van der Waals surface area contributed by atoms with E-state index in [0.29, 0.717) is 30.6 Å². The quantitative estimate of drug-likeness (QED) is 0.252. The van der Waals surface area contributed by atoms with Crippen LogP contribution < -0.4 is 15.4 Å². The van der Waals surface area contributed by atoms with Gasteiger partial charge in [0.2, 0.25) is 5.91 Å². The molecule has 0 aliphatic heterocycles. The van der Waals surface area contributed by atoms with Gasteiger partial charge in [-0.2, -0.15) is 13.2 Å². The highest BCUT2D eigenvalue weighted by Gasteiger charge is 2.42. The van der Waals surface area contributed by atoms with E-state index >= 15 is 0 Å². The number of hydrogen-bond donors (Lipinski definition) is 3. The minimum atomic E-state index is -4.93. The van der Waals surface area contributed by atoms with E-state index in [1.54, 1.807) is 7.11 Å². The molecular formula is C31H30F4N2O5. The minimum absolute atomic E-state index is 0.0515. The summed E-state index contributed by atoms with van der Waals surface area (Å²) in [5.74, 6) is -3.05. The van der Waals surface area contributed by atoms with Gasteiger partial charge in [-0.1, -0.05) is 37.1 Å². The van der Waals surface area contributed by atoms with Gasteiger partial charge in [0, 0.05) is 12.1 Å². The smallest absolute Gasteiger partial charge is 0.417 e. The van der Waals surface area contributed by atoms with Crippen LogP contribution in [0.25, 0.3) is 0 Å². The highest BCUT2D eigenvalue weighted by atomic mass is 19.4. The zero-order valence-electron chi connectivity index (χ0n) is 22.8. The maximum Gasteiger partial charge on any atom is 0.417 e. The van der Waals surface area contributed by atoms with Crippen molar-refractivity contribution in [3.05, 3.63) is 94.8 Å². The van der Waals surface area contributed by atoms with Gasteiger partial charge in [0.1, 0.15) is 17.6 Å². The average Bonchev–Trinajstić information content (AvgIpc) is 3.43. The van der Waals surface area contributed by atoms with Crippen molar-refractivity contribution in [1.82, 2.24) is 5.32 Å². The lowest BCUT2D eigenvalue weighted by molar-refractivity contribution is -0.143. The van der Waals surface area contributed by atoms with E-state index in [2.05, 4.69) is 10.6 Å². The molecular weight excluding hydrogens is 556 g/mol. The third-order valence-electron chi connectivity index (χ3n) is 7.53. The number of methoxy groups -OCH3 is 1. The van der Waals surface area contributed by atoms with Gasteiger partial charge < -0.3 is 20.5 Å². The Morgan fingerprint density at radius 2 is 1.57 bits per heavy atom. The summed E-state index contributed by atoms with van der Waals surface area (Å²) in [5.41, 5.74) is -1.25. The number of carbonyl (C=O) groups excluding carboxylic acids is 2. The van der Waals surface area contributed by atoms with Crippen LogP contribution in [0.5, 0.6) is 5.75 Å². The number of aliphatic carboxylic acids is 1. The highest BCUT2D eigenvalue weighted by Crippen LogP contribution is 2.41. The number of rotatable bonds is 10. The van der Waals surface area contributed by atoms with Crippen molar-refractivity contribution >= 4 is 23.5 Å². The molecule has 7 nitrogen and oxygen atoms in total. The van der Waals surface area contributed by atoms with Gasteiger partial charge in [-0.15, -0.1) is 0 Å². The Kier molecular flexibility index (Phi) is 9.18. The average molecular weight is 587 g/mol. The predicted octanol–water partition coefficient (Wildman–Crippen LogP) is 6.02. The van der Waals surface area contributed by atoms with E-state index in [9.17, 15) is 37.1 Å². The van der Waals surface area contributed by atoms with Crippen molar-refractivity contribution in [3.8, 4) is 5.75 Å². The van der Waals surface area contributed by atoms with Crippen LogP contribution in [0.2, 0.25) is 0 Å². The summed E-state index contributed by atoms with van der Waals surface area (Å²) < 4.78 is 58.4. The van der Waals surface area contributed by atoms with Gasteiger partial charge >= 0.3 is 12.1 Å². The number of hydrogen-bond acceptors (Lipinski definition) is 4. The molecule has 42 heavy (non-hydrogen) atoms. The first-order chi connectivity index (χ1) is 19.9. The first-order valence-electron chi connectivity index (χ1n) is 13.3. The molecule has 0 saturated heterocycles. The fourth-order valence-electron chi connectivity index (χ4n) is 5.29. The molecule has 0 heterocycles. The number of benzene rings is 3. The van der Waals surface area contributed by atoms with Crippen molar-refractivity contribution in [3.63, 3.8) is 0 Å². The van der Waals surface area contributed by atoms with Crippen LogP contribution in [0, 0.1) is 11.2 Å². The zero-order chi connectivity index (χ0) is 30.5. The normalized spacial score (nSPS) is 15.1. The molecule has 3 N–H and O–H groups in total. The monoisotopic (exact) mass is 586 g/mol.